The fraction of sp³-hybridized carbons (Fsp3) is 0.812. The highest BCUT2D eigenvalue weighted by Gasteiger charge is 2.32. The van der Waals surface area contributed by atoms with Gasteiger partial charge in [-0.15, -0.1) is 0 Å². The van der Waals surface area contributed by atoms with Crippen LogP contribution < -0.4 is 11.1 Å². The van der Waals surface area contributed by atoms with Gasteiger partial charge in [0, 0.05) is 25.2 Å². The summed E-state index contributed by atoms with van der Waals surface area (Å²) in [6.45, 7) is 18.7. The molecule has 116 valence electrons. The molecule has 2 atom stereocenters. The van der Waals surface area contributed by atoms with E-state index in [2.05, 4.69) is 49.5 Å². The first-order chi connectivity index (χ1) is 9.20. The van der Waals surface area contributed by atoms with Crippen LogP contribution in [0.25, 0.3) is 0 Å². The van der Waals surface area contributed by atoms with Crippen molar-refractivity contribution in [3.05, 3.63) is 12.2 Å². The van der Waals surface area contributed by atoms with E-state index in [1.807, 2.05) is 6.92 Å². The quantitative estimate of drug-likeness (QED) is 0.461. The smallest absolute Gasteiger partial charge is 0.188 e. The Hall–Kier alpha value is -1.03. The zero-order valence-corrected chi connectivity index (χ0v) is 13.9. The fourth-order valence-corrected chi connectivity index (χ4v) is 2.83. The van der Waals surface area contributed by atoms with Crippen molar-refractivity contribution in [2.45, 2.75) is 46.6 Å². The van der Waals surface area contributed by atoms with Crippen LogP contribution in [-0.4, -0.2) is 42.6 Å². The second-order valence-electron chi connectivity index (χ2n) is 7.18. The number of rotatable bonds is 5. The Morgan fingerprint density at radius 2 is 1.90 bits per heavy atom. The zero-order valence-electron chi connectivity index (χ0n) is 13.9. The van der Waals surface area contributed by atoms with E-state index < -0.39 is 0 Å². The lowest BCUT2D eigenvalue weighted by molar-refractivity contribution is 0.0513. The van der Waals surface area contributed by atoms with Crippen LogP contribution in [0.5, 0.6) is 0 Å². The molecule has 0 bridgehead atoms. The molecule has 0 aromatic carbocycles. The Morgan fingerprint density at radius 3 is 2.40 bits per heavy atom. The topological polar surface area (TPSA) is 53.6 Å². The molecule has 1 rings (SSSR count). The van der Waals surface area contributed by atoms with Gasteiger partial charge in [-0.3, -0.25) is 9.89 Å². The average molecular weight is 280 g/mol. The Morgan fingerprint density at radius 1 is 1.35 bits per heavy atom. The Kier molecular flexibility index (Phi) is 6.06. The summed E-state index contributed by atoms with van der Waals surface area (Å²) < 4.78 is 0. The molecule has 20 heavy (non-hydrogen) atoms. The van der Waals surface area contributed by atoms with E-state index in [0.717, 1.165) is 37.0 Å². The van der Waals surface area contributed by atoms with Crippen LogP contribution in [0.2, 0.25) is 0 Å². The van der Waals surface area contributed by atoms with Gasteiger partial charge in [0.05, 0.1) is 6.54 Å². The van der Waals surface area contributed by atoms with Crippen LogP contribution in [0.15, 0.2) is 17.1 Å². The maximum Gasteiger partial charge on any atom is 0.188 e. The second kappa shape index (κ2) is 7.11. The summed E-state index contributed by atoms with van der Waals surface area (Å²) in [7, 11) is 0. The van der Waals surface area contributed by atoms with Gasteiger partial charge in [-0.2, -0.15) is 0 Å². The molecule has 0 amide bonds. The molecule has 1 heterocycles. The van der Waals surface area contributed by atoms with Crippen molar-refractivity contribution < 1.29 is 0 Å². The molecule has 0 spiro atoms. The molecule has 1 aliphatic rings. The van der Waals surface area contributed by atoms with Crippen molar-refractivity contribution in [2.75, 3.05) is 26.2 Å². The van der Waals surface area contributed by atoms with Crippen molar-refractivity contribution in [3.63, 3.8) is 0 Å². The summed E-state index contributed by atoms with van der Waals surface area (Å²) in [5.74, 6) is 2.04. The number of piperidine rings is 1. The Balaban J connectivity index is 2.55. The summed E-state index contributed by atoms with van der Waals surface area (Å²) in [5.41, 5.74) is 7.00. The Bertz CT molecular complexity index is 349. The largest absolute Gasteiger partial charge is 0.370 e. The molecule has 1 fully saturated rings. The van der Waals surface area contributed by atoms with Crippen LogP contribution in [0, 0.1) is 11.8 Å². The normalized spacial score (nSPS) is 25.6. The minimum absolute atomic E-state index is 0.0540. The van der Waals surface area contributed by atoms with Crippen LogP contribution in [0.3, 0.4) is 0 Å². The Labute approximate surface area is 124 Å². The second-order valence-corrected chi connectivity index (χ2v) is 7.18. The molecule has 1 aliphatic heterocycles. The lowest BCUT2D eigenvalue weighted by Crippen LogP contribution is -2.53. The number of hydrogen-bond donors (Lipinski definition) is 2. The summed E-state index contributed by atoms with van der Waals surface area (Å²) >= 11 is 0. The fourth-order valence-electron chi connectivity index (χ4n) is 2.83. The number of nitrogens with one attached hydrogen (secondary N) is 1. The monoisotopic (exact) mass is 280 g/mol. The average Bonchev–Trinajstić information content (AvgIpc) is 2.32. The first kappa shape index (κ1) is 17.0. The molecule has 0 radical (unpaired) electrons. The van der Waals surface area contributed by atoms with Crippen LogP contribution in [0.4, 0.5) is 0 Å². The molecule has 0 saturated carbocycles. The molecular formula is C16H32N4. The number of hydrogen-bond acceptors (Lipinski definition) is 2. The van der Waals surface area contributed by atoms with Gasteiger partial charge in [0.2, 0.25) is 0 Å². The third kappa shape index (κ3) is 5.53. The van der Waals surface area contributed by atoms with E-state index in [1.54, 1.807) is 0 Å². The lowest BCUT2D eigenvalue weighted by Gasteiger charge is -2.44. The van der Waals surface area contributed by atoms with E-state index in [4.69, 9.17) is 5.73 Å². The minimum Gasteiger partial charge on any atom is -0.370 e. The predicted molar refractivity (Wildman–Crippen MR) is 87.9 cm³/mol. The summed E-state index contributed by atoms with van der Waals surface area (Å²) in [4.78, 5) is 7.05. The first-order valence-corrected chi connectivity index (χ1v) is 7.64. The molecular weight excluding hydrogens is 248 g/mol. The summed E-state index contributed by atoms with van der Waals surface area (Å²) in [6.07, 6.45) is 1.33. The van der Waals surface area contributed by atoms with Gasteiger partial charge in [0.15, 0.2) is 5.96 Å². The number of nitrogens with two attached hydrogens (primary N) is 1. The SMILES string of the molecule is C=C(C)CNC(N)=NCC(C)(C)N1CC(C)CC(C)C1. The van der Waals surface area contributed by atoms with Crippen LogP contribution in [0.1, 0.15) is 41.0 Å². The van der Waals surface area contributed by atoms with Crippen LogP contribution in [-0.2, 0) is 0 Å². The molecule has 4 nitrogen and oxygen atoms in total. The summed E-state index contributed by atoms with van der Waals surface area (Å²) in [6, 6.07) is 0. The maximum absolute atomic E-state index is 5.89. The summed E-state index contributed by atoms with van der Waals surface area (Å²) in [5, 5.41) is 3.08. The van der Waals surface area contributed by atoms with E-state index in [-0.39, 0.29) is 5.54 Å². The highest BCUT2D eigenvalue weighted by molar-refractivity contribution is 5.78. The molecule has 1 saturated heterocycles. The molecule has 4 heteroatoms. The van der Waals surface area contributed by atoms with E-state index in [1.165, 1.54) is 6.42 Å². The zero-order chi connectivity index (χ0) is 15.3. The van der Waals surface area contributed by atoms with Crippen molar-refractivity contribution in [3.8, 4) is 0 Å². The van der Waals surface area contributed by atoms with Crippen molar-refractivity contribution in [2.24, 2.45) is 22.6 Å². The molecule has 3 N–H and O–H groups in total. The molecule has 0 aromatic heterocycles. The third-order valence-corrected chi connectivity index (χ3v) is 3.93. The van der Waals surface area contributed by atoms with E-state index in [9.17, 15) is 0 Å². The first-order valence-electron chi connectivity index (χ1n) is 7.64. The maximum atomic E-state index is 5.89. The molecule has 2 unspecified atom stereocenters. The van der Waals surface area contributed by atoms with Crippen LogP contribution >= 0.6 is 0 Å². The minimum atomic E-state index is 0.0540. The van der Waals surface area contributed by atoms with Gasteiger partial charge < -0.3 is 11.1 Å². The standard InChI is InChI=1S/C16H32N4/c1-12(2)8-18-15(17)19-11-16(5,6)20-9-13(3)7-14(4)10-20/h13-14H,1,7-11H2,2-6H3,(H3,17,18,19). The predicted octanol–water partition coefficient (Wildman–Crippen LogP) is 2.22. The number of guanidine groups is 1. The number of nitrogens with zero attached hydrogens (tertiary/aromatic N) is 2. The molecule has 0 aromatic rings. The van der Waals surface area contributed by atoms with Gasteiger partial charge in [0.25, 0.3) is 0 Å². The van der Waals surface area contributed by atoms with Gasteiger partial charge in [0.1, 0.15) is 0 Å². The third-order valence-electron chi connectivity index (χ3n) is 3.93. The van der Waals surface area contributed by atoms with Crippen molar-refractivity contribution >= 4 is 5.96 Å². The van der Waals surface area contributed by atoms with Gasteiger partial charge in [-0.1, -0.05) is 26.0 Å². The van der Waals surface area contributed by atoms with Gasteiger partial charge in [-0.25, -0.2) is 0 Å². The highest BCUT2D eigenvalue weighted by Crippen LogP contribution is 2.27. The van der Waals surface area contributed by atoms with E-state index in [0.29, 0.717) is 12.5 Å². The van der Waals surface area contributed by atoms with Crippen molar-refractivity contribution in [1.29, 1.82) is 0 Å². The van der Waals surface area contributed by atoms with Crippen molar-refractivity contribution in [1.82, 2.24) is 10.2 Å². The van der Waals surface area contributed by atoms with Gasteiger partial charge in [-0.05, 0) is 39.0 Å². The number of aliphatic imine (C=N–C) groups is 1. The highest BCUT2D eigenvalue weighted by atomic mass is 15.2. The van der Waals surface area contributed by atoms with E-state index >= 15 is 0 Å². The molecule has 0 aliphatic carbocycles. The van der Waals surface area contributed by atoms with Gasteiger partial charge >= 0.3 is 0 Å². The number of likely N-dealkylation sites (tertiary alicyclic amines) is 1. The lowest BCUT2D eigenvalue weighted by atomic mass is 9.88.